The molecule has 3 rings (SSSR count). The van der Waals surface area contributed by atoms with Crippen molar-refractivity contribution in [1.29, 1.82) is 5.26 Å². The molecular weight excluding hydrogens is 333 g/mol. The summed E-state index contributed by atoms with van der Waals surface area (Å²) in [5, 5.41) is 11.9. The molecule has 1 N–H and O–H groups in total. The lowest BCUT2D eigenvalue weighted by Crippen LogP contribution is -2.36. The van der Waals surface area contributed by atoms with Gasteiger partial charge in [-0.1, -0.05) is 12.1 Å². The van der Waals surface area contributed by atoms with Crippen molar-refractivity contribution in [3.8, 4) is 6.07 Å². The fourth-order valence-electron chi connectivity index (χ4n) is 3.03. The molecule has 0 saturated carbocycles. The summed E-state index contributed by atoms with van der Waals surface area (Å²) < 4.78 is 13.6. The minimum atomic E-state index is -0.443. The molecule has 1 aliphatic heterocycles. The highest BCUT2D eigenvalue weighted by atomic mass is 19.1. The van der Waals surface area contributed by atoms with Crippen LogP contribution in [0.5, 0.6) is 0 Å². The third-order valence-corrected chi connectivity index (χ3v) is 4.31. The number of para-hydroxylation sites is 1. The van der Waals surface area contributed by atoms with Gasteiger partial charge in [-0.15, -0.1) is 0 Å². The van der Waals surface area contributed by atoms with Gasteiger partial charge in [0.15, 0.2) is 0 Å². The highest BCUT2D eigenvalue weighted by molar-refractivity contribution is 5.92. The zero-order valence-electron chi connectivity index (χ0n) is 14.4. The molecule has 0 aliphatic carbocycles. The molecule has 7 heteroatoms. The fourth-order valence-corrected chi connectivity index (χ4v) is 3.03. The van der Waals surface area contributed by atoms with E-state index in [0.29, 0.717) is 24.5 Å². The van der Waals surface area contributed by atoms with E-state index in [1.54, 1.807) is 36.5 Å². The number of pyridine rings is 1. The summed E-state index contributed by atoms with van der Waals surface area (Å²) in [6.45, 7) is 3.09. The number of nitriles is 1. The minimum Gasteiger partial charge on any atom is -0.354 e. The number of amides is 1. The standard InChI is InChI=1S/C19H20FN5O/c20-16-6-1-2-7-17(16)23-18(26)14-24-9-4-10-25(12-11-24)19-15(13-21)5-3-8-22-19/h1-3,5-8H,4,9-12,14H2,(H,23,26). The molecule has 2 aromatic rings. The molecule has 0 spiro atoms. The highest BCUT2D eigenvalue weighted by Crippen LogP contribution is 2.18. The number of hydrogen-bond acceptors (Lipinski definition) is 5. The van der Waals surface area contributed by atoms with Crippen molar-refractivity contribution >= 4 is 17.4 Å². The van der Waals surface area contributed by atoms with Crippen molar-refractivity contribution in [3.63, 3.8) is 0 Å². The first kappa shape index (κ1) is 17.8. The van der Waals surface area contributed by atoms with Crippen LogP contribution in [-0.2, 0) is 4.79 Å². The molecule has 6 nitrogen and oxygen atoms in total. The first-order valence-electron chi connectivity index (χ1n) is 8.54. The van der Waals surface area contributed by atoms with E-state index < -0.39 is 5.82 Å². The Bertz CT molecular complexity index is 820. The molecule has 2 heterocycles. The van der Waals surface area contributed by atoms with Gasteiger partial charge in [0, 0.05) is 32.4 Å². The maximum absolute atomic E-state index is 13.6. The topological polar surface area (TPSA) is 72.3 Å². The summed E-state index contributed by atoms with van der Waals surface area (Å²) in [5.74, 6) is 0.00818. The van der Waals surface area contributed by atoms with Gasteiger partial charge in [0.25, 0.3) is 0 Å². The largest absolute Gasteiger partial charge is 0.354 e. The number of hydrogen-bond donors (Lipinski definition) is 1. The molecule has 0 atom stereocenters. The Balaban J connectivity index is 1.58. The van der Waals surface area contributed by atoms with Crippen molar-refractivity contribution in [2.75, 3.05) is 42.9 Å². The number of halogens is 1. The van der Waals surface area contributed by atoms with Gasteiger partial charge in [-0.3, -0.25) is 9.69 Å². The second-order valence-electron chi connectivity index (χ2n) is 6.13. The Hall–Kier alpha value is -2.98. The van der Waals surface area contributed by atoms with Gasteiger partial charge in [0.05, 0.1) is 17.8 Å². The summed E-state index contributed by atoms with van der Waals surface area (Å²) >= 11 is 0. The van der Waals surface area contributed by atoms with Crippen LogP contribution in [0.15, 0.2) is 42.6 Å². The lowest BCUT2D eigenvalue weighted by Gasteiger charge is -2.23. The third-order valence-electron chi connectivity index (χ3n) is 4.31. The molecule has 1 amide bonds. The molecule has 26 heavy (non-hydrogen) atoms. The Morgan fingerprint density at radius 1 is 1.19 bits per heavy atom. The van der Waals surface area contributed by atoms with Gasteiger partial charge in [-0.2, -0.15) is 5.26 Å². The maximum atomic E-state index is 13.6. The number of carbonyl (C=O) groups excluding carboxylic acids is 1. The van der Waals surface area contributed by atoms with Gasteiger partial charge < -0.3 is 10.2 Å². The van der Waals surface area contributed by atoms with E-state index in [2.05, 4.69) is 21.3 Å². The van der Waals surface area contributed by atoms with E-state index in [1.807, 2.05) is 4.90 Å². The molecule has 134 valence electrons. The lowest BCUT2D eigenvalue weighted by atomic mass is 10.2. The van der Waals surface area contributed by atoms with Gasteiger partial charge in [0.2, 0.25) is 5.91 Å². The number of nitrogens with zero attached hydrogens (tertiary/aromatic N) is 4. The van der Waals surface area contributed by atoms with Crippen LogP contribution in [-0.4, -0.2) is 48.5 Å². The molecule has 1 saturated heterocycles. The van der Waals surface area contributed by atoms with Crippen LogP contribution in [0.4, 0.5) is 15.9 Å². The Morgan fingerprint density at radius 3 is 2.85 bits per heavy atom. The van der Waals surface area contributed by atoms with Crippen LogP contribution < -0.4 is 10.2 Å². The van der Waals surface area contributed by atoms with Crippen LogP contribution in [0, 0.1) is 17.1 Å². The Morgan fingerprint density at radius 2 is 2.04 bits per heavy atom. The van der Waals surface area contributed by atoms with E-state index in [4.69, 9.17) is 0 Å². The summed E-state index contributed by atoms with van der Waals surface area (Å²) in [6.07, 6.45) is 2.54. The number of anilines is 2. The predicted octanol–water partition coefficient (Wildman–Crippen LogP) is 2.24. The van der Waals surface area contributed by atoms with E-state index in [1.165, 1.54) is 6.07 Å². The first-order valence-corrected chi connectivity index (χ1v) is 8.54. The van der Waals surface area contributed by atoms with Gasteiger partial charge in [-0.05, 0) is 30.7 Å². The molecule has 0 radical (unpaired) electrons. The van der Waals surface area contributed by atoms with Gasteiger partial charge in [0.1, 0.15) is 17.7 Å². The zero-order valence-corrected chi connectivity index (χ0v) is 14.4. The van der Waals surface area contributed by atoms with Gasteiger partial charge >= 0.3 is 0 Å². The van der Waals surface area contributed by atoms with Crippen molar-refractivity contribution in [2.24, 2.45) is 0 Å². The Kier molecular flexibility index (Phi) is 5.77. The van der Waals surface area contributed by atoms with Crippen molar-refractivity contribution in [2.45, 2.75) is 6.42 Å². The van der Waals surface area contributed by atoms with Gasteiger partial charge in [-0.25, -0.2) is 9.37 Å². The number of rotatable bonds is 4. The SMILES string of the molecule is N#Cc1cccnc1N1CCCN(CC(=O)Nc2ccccc2F)CC1. The molecule has 1 fully saturated rings. The smallest absolute Gasteiger partial charge is 0.238 e. The normalized spacial score (nSPS) is 15.2. The molecule has 0 unspecified atom stereocenters. The lowest BCUT2D eigenvalue weighted by molar-refractivity contribution is -0.117. The first-order chi connectivity index (χ1) is 12.7. The second kappa shape index (κ2) is 8.41. The molecule has 1 aliphatic rings. The van der Waals surface area contributed by atoms with Crippen LogP contribution in [0.1, 0.15) is 12.0 Å². The summed E-state index contributed by atoms with van der Waals surface area (Å²) in [6, 6.07) is 11.8. The number of benzene rings is 1. The molecular formula is C19H20FN5O. The van der Waals surface area contributed by atoms with E-state index >= 15 is 0 Å². The minimum absolute atomic E-state index is 0.195. The fraction of sp³-hybridized carbons (Fsp3) is 0.316. The van der Waals surface area contributed by atoms with Crippen LogP contribution in [0.25, 0.3) is 0 Å². The monoisotopic (exact) mass is 353 g/mol. The van der Waals surface area contributed by atoms with Crippen LogP contribution in [0.3, 0.4) is 0 Å². The zero-order chi connectivity index (χ0) is 18.4. The number of nitrogens with one attached hydrogen (secondary N) is 1. The average molecular weight is 353 g/mol. The highest BCUT2D eigenvalue weighted by Gasteiger charge is 2.20. The van der Waals surface area contributed by atoms with E-state index in [-0.39, 0.29) is 18.1 Å². The predicted molar refractivity (Wildman–Crippen MR) is 97.3 cm³/mol. The molecule has 1 aromatic heterocycles. The molecule has 1 aromatic carbocycles. The summed E-state index contributed by atoms with van der Waals surface area (Å²) in [5.41, 5.74) is 0.749. The van der Waals surface area contributed by atoms with E-state index in [9.17, 15) is 14.4 Å². The number of aromatic nitrogens is 1. The maximum Gasteiger partial charge on any atom is 0.238 e. The number of carbonyl (C=O) groups is 1. The van der Waals surface area contributed by atoms with Crippen LogP contribution >= 0.6 is 0 Å². The van der Waals surface area contributed by atoms with Crippen molar-refractivity contribution < 1.29 is 9.18 Å². The van der Waals surface area contributed by atoms with Crippen molar-refractivity contribution in [3.05, 3.63) is 54.0 Å². The summed E-state index contributed by atoms with van der Waals surface area (Å²) in [7, 11) is 0. The average Bonchev–Trinajstić information content (AvgIpc) is 2.89. The Labute approximate surface area is 151 Å². The van der Waals surface area contributed by atoms with Crippen molar-refractivity contribution in [1.82, 2.24) is 9.88 Å². The summed E-state index contributed by atoms with van der Waals surface area (Å²) in [4.78, 5) is 20.6. The third kappa shape index (κ3) is 4.35. The van der Waals surface area contributed by atoms with Crippen LogP contribution in [0.2, 0.25) is 0 Å². The molecule has 0 bridgehead atoms. The quantitative estimate of drug-likeness (QED) is 0.913. The second-order valence-corrected chi connectivity index (χ2v) is 6.13. The van der Waals surface area contributed by atoms with E-state index in [0.717, 1.165) is 19.5 Å².